The van der Waals surface area contributed by atoms with Crippen molar-refractivity contribution in [1.29, 1.82) is 0 Å². The molecule has 1 aliphatic heterocycles. The van der Waals surface area contributed by atoms with Crippen LogP contribution in [-0.4, -0.2) is 41.4 Å². The summed E-state index contributed by atoms with van der Waals surface area (Å²) >= 11 is 0. The lowest BCUT2D eigenvalue weighted by atomic mass is 9.99. The van der Waals surface area contributed by atoms with Crippen LogP contribution in [0, 0.1) is 0 Å². The molecule has 2 fully saturated rings. The number of anilines is 1. The van der Waals surface area contributed by atoms with E-state index in [0.29, 0.717) is 6.54 Å². The summed E-state index contributed by atoms with van der Waals surface area (Å²) in [6.45, 7) is 2.61. The highest BCUT2D eigenvalue weighted by Crippen LogP contribution is 2.28. The molecular weight excluding hydrogens is 316 g/mol. The summed E-state index contributed by atoms with van der Waals surface area (Å²) in [5, 5.41) is 15.4. The Kier molecular flexibility index (Phi) is 6.13. The lowest BCUT2D eigenvalue weighted by Crippen LogP contribution is -2.52. The molecule has 25 heavy (non-hydrogen) atoms. The molecule has 138 valence electrons. The van der Waals surface area contributed by atoms with E-state index < -0.39 is 5.54 Å². The van der Waals surface area contributed by atoms with Crippen molar-refractivity contribution in [3.63, 3.8) is 0 Å². The lowest BCUT2D eigenvalue weighted by Gasteiger charge is -2.28. The van der Waals surface area contributed by atoms with Crippen LogP contribution in [0.3, 0.4) is 0 Å². The third-order valence-corrected chi connectivity index (χ3v) is 5.43. The van der Waals surface area contributed by atoms with Crippen LogP contribution < -0.4 is 15.5 Å². The van der Waals surface area contributed by atoms with E-state index >= 15 is 0 Å². The van der Waals surface area contributed by atoms with Crippen molar-refractivity contribution in [2.75, 3.05) is 24.6 Å². The Hall–Kier alpha value is -1.82. The SMILES string of the molecule is O=C(NCc1ccc(N2CCCCCC2)nc1)NC1(CO)CCCC1. The van der Waals surface area contributed by atoms with Gasteiger partial charge in [-0.05, 0) is 37.3 Å². The van der Waals surface area contributed by atoms with Crippen LogP contribution in [0.1, 0.15) is 56.9 Å². The molecule has 3 N–H and O–H groups in total. The van der Waals surface area contributed by atoms with Crippen LogP contribution in [0.25, 0.3) is 0 Å². The highest BCUT2D eigenvalue weighted by molar-refractivity contribution is 5.74. The molecule has 2 heterocycles. The van der Waals surface area contributed by atoms with Gasteiger partial charge in [0, 0.05) is 25.8 Å². The number of nitrogens with zero attached hydrogens (tertiary/aromatic N) is 2. The molecule has 2 amide bonds. The molecule has 0 atom stereocenters. The minimum atomic E-state index is -0.432. The predicted octanol–water partition coefficient (Wildman–Crippen LogP) is 2.57. The third kappa shape index (κ3) is 4.84. The van der Waals surface area contributed by atoms with Gasteiger partial charge < -0.3 is 20.6 Å². The number of amides is 2. The zero-order valence-corrected chi connectivity index (χ0v) is 15.0. The van der Waals surface area contributed by atoms with Gasteiger partial charge in [0.25, 0.3) is 0 Å². The Morgan fingerprint density at radius 3 is 2.44 bits per heavy atom. The molecule has 0 radical (unpaired) electrons. The van der Waals surface area contributed by atoms with E-state index in [2.05, 4.69) is 20.5 Å². The van der Waals surface area contributed by atoms with E-state index in [4.69, 9.17) is 0 Å². The predicted molar refractivity (Wildman–Crippen MR) is 98.6 cm³/mol. The maximum absolute atomic E-state index is 12.1. The highest BCUT2D eigenvalue weighted by atomic mass is 16.3. The molecule has 1 saturated heterocycles. The van der Waals surface area contributed by atoms with E-state index in [1.165, 1.54) is 25.7 Å². The largest absolute Gasteiger partial charge is 0.394 e. The number of aromatic nitrogens is 1. The monoisotopic (exact) mass is 346 g/mol. The number of nitrogens with one attached hydrogen (secondary N) is 2. The Balaban J connectivity index is 1.48. The van der Waals surface area contributed by atoms with Crippen molar-refractivity contribution in [1.82, 2.24) is 15.6 Å². The van der Waals surface area contributed by atoms with E-state index in [0.717, 1.165) is 50.2 Å². The molecule has 1 saturated carbocycles. The first-order valence-corrected chi connectivity index (χ1v) is 9.58. The third-order valence-electron chi connectivity index (χ3n) is 5.43. The van der Waals surface area contributed by atoms with Crippen molar-refractivity contribution < 1.29 is 9.90 Å². The van der Waals surface area contributed by atoms with Crippen LogP contribution in [0.4, 0.5) is 10.6 Å². The zero-order valence-electron chi connectivity index (χ0n) is 15.0. The number of aliphatic hydroxyl groups excluding tert-OH is 1. The number of pyridine rings is 1. The van der Waals surface area contributed by atoms with Crippen molar-refractivity contribution in [3.05, 3.63) is 23.9 Å². The van der Waals surface area contributed by atoms with Gasteiger partial charge in [-0.25, -0.2) is 9.78 Å². The smallest absolute Gasteiger partial charge is 0.315 e. The van der Waals surface area contributed by atoms with Crippen molar-refractivity contribution in [2.45, 2.75) is 63.5 Å². The zero-order chi connectivity index (χ0) is 17.5. The fourth-order valence-corrected chi connectivity index (χ4v) is 3.85. The average molecular weight is 346 g/mol. The number of aliphatic hydroxyl groups is 1. The van der Waals surface area contributed by atoms with Gasteiger partial charge in [-0.1, -0.05) is 31.7 Å². The summed E-state index contributed by atoms with van der Waals surface area (Å²) in [5.74, 6) is 1.03. The van der Waals surface area contributed by atoms with E-state index in [1.807, 2.05) is 18.3 Å². The van der Waals surface area contributed by atoms with Gasteiger partial charge in [-0.15, -0.1) is 0 Å². The normalized spacial score (nSPS) is 20.1. The fourth-order valence-electron chi connectivity index (χ4n) is 3.85. The number of carbonyl (C=O) groups is 1. The maximum Gasteiger partial charge on any atom is 0.315 e. The van der Waals surface area contributed by atoms with Gasteiger partial charge in [0.2, 0.25) is 0 Å². The number of hydrogen-bond acceptors (Lipinski definition) is 4. The molecule has 1 aromatic rings. The summed E-state index contributed by atoms with van der Waals surface area (Å²) < 4.78 is 0. The summed E-state index contributed by atoms with van der Waals surface area (Å²) in [4.78, 5) is 19.0. The van der Waals surface area contributed by atoms with E-state index in [9.17, 15) is 9.90 Å². The fraction of sp³-hybridized carbons (Fsp3) is 0.684. The number of hydrogen-bond donors (Lipinski definition) is 3. The minimum absolute atomic E-state index is 0.00646. The highest BCUT2D eigenvalue weighted by Gasteiger charge is 2.34. The Morgan fingerprint density at radius 2 is 1.84 bits per heavy atom. The number of rotatable bonds is 5. The van der Waals surface area contributed by atoms with Crippen molar-refractivity contribution in [2.24, 2.45) is 0 Å². The molecule has 0 unspecified atom stereocenters. The molecule has 2 aliphatic rings. The molecule has 6 nitrogen and oxygen atoms in total. The Morgan fingerprint density at radius 1 is 1.12 bits per heavy atom. The molecule has 3 rings (SSSR count). The van der Waals surface area contributed by atoms with Crippen molar-refractivity contribution >= 4 is 11.8 Å². The summed E-state index contributed by atoms with van der Waals surface area (Å²) in [7, 11) is 0. The maximum atomic E-state index is 12.1. The summed E-state index contributed by atoms with van der Waals surface area (Å²) in [6, 6.07) is 3.87. The van der Waals surface area contributed by atoms with Gasteiger partial charge in [0.05, 0.1) is 12.1 Å². The van der Waals surface area contributed by atoms with Gasteiger partial charge >= 0.3 is 6.03 Å². The second-order valence-corrected chi connectivity index (χ2v) is 7.38. The molecule has 0 spiro atoms. The van der Waals surface area contributed by atoms with Gasteiger partial charge in [0.15, 0.2) is 0 Å². The van der Waals surface area contributed by atoms with E-state index in [1.54, 1.807) is 0 Å². The average Bonchev–Trinajstić information content (AvgIpc) is 2.93. The number of urea groups is 1. The molecule has 6 heteroatoms. The molecule has 1 aromatic heterocycles. The topological polar surface area (TPSA) is 77.5 Å². The van der Waals surface area contributed by atoms with Crippen LogP contribution in [0.15, 0.2) is 18.3 Å². The molecule has 1 aliphatic carbocycles. The number of carbonyl (C=O) groups excluding carboxylic acids is 1. The molecule has 0 aromatic carbocycles. The van der Waals surface area contributed by atoms with Gasteiger partial charge in [-0.3, -0.25) is 0 Å². The van der Waals surface area contributed by atoms with Gasteiger partial charge in [-0.2, -0.15) is 0 Å². The second-order valence-electron chi connectivity index (χ2n) is 7.38. The van der Waals surface area contributed by atoms with E-state index in [-0.39, 0.29) is 12.6 Å². The summed E-state index contributed by atoms with van der Waals surface area (Å²) in [5.41, 5.74) is 0.553. The minimum Gasteiger partial charge on any atom is -0.394 e. The molecule has 0 bridgehead atoms. The first-order valence-electron chi connectivity index (χ1n) is 9.58. The lowest BCUT2D eigenvalue weighted by molar-refractivity contribution is 0.163. The Bertz CT molecular complexity index is 547. The van der Waals surface area contributed by atoms with Crippen molar-refractivity contribution in [3.8, 4) is 0 Å². The summed E-state index contributed by atoms with van der Waals surface area (Å²) in [6.07, 6.45) is 10.7. The van der Waals surface area contributed by atoms with Gasteiger partial charge in [0.1, 0.15) is 5.82 Å². The first kappa shape index (κ1) is 18.0. The quantitative estimate of drug-likeness (QED) is 0.766. The van der Waals surface area contributed by atoms with Crippen LogP contribution >= 0.6 is 0 Å². The molecular formula is C19H30N4O2. The second kappa shape index (κ2) is 8.52. The standard InChI is InChI=1S/C19H30N4O2/c24-15-19(9-3-4-10-19)22-18(25)21-14-16-7-8-17(20-13-16)23-11-5-1-2-6-12-23/h7-8,13,24H,1-6,9-12,14-15H2,(H2,21,22,25). The van der Waals surface area contributed by atoms with Crippen LogP contribution in [0.5, 0.6) is 0 Å². The Labute approximate surface area is 150 Å². The first-order chi connectivity index (χ1) is 12.2. The van der Waals surface area contributed by atoms with Crippen LogP contribution in [-0.2, 0) is 6.54 Å². The van der Waals surface area contributed by atoms with Crippen LogP contribution in [0.2, 0.25) is 0 Å².